The zero-order chi connectivity index (χ0) is 14.2. The molecule has 1 saturated heterocycles. The first kappa shape index (κ1) is 14.0. The third kappa shape index (κ3) is 3.56. The molecule has 1 aliphatic carbocycles. The predicted molar refractivity (Wildman–Crippen MR) is 74.0 cm³/mol. The molecule has 0 bridgehead atoms. The molecule has 6 heteroatoms. The van der Waals surface area contributed by atoms with Crippen LogP contribution in [0.2, 0.25) is 0 Å². The molecule has 1 aliphatic heterocycles. The highest BCUT2D eigenvalue weighted by molar-refractivity contribution is 7.85. The summed E-state index contributed by atoms with van der Waals surface area (Å²) in [5.41, 5.74) is 2.13. The maximum Gasteiger partial charge on any atom is 0.265 e. The number of nitrogens with zero attached hydrogens (tertiary/aromatic N) is 1. The van der Waals surface area contributed by atoms with Gasteiger partial charge in [0.1, 0.15) is 0 Å². The number of pyridine rings is 1. The van der Waals surface area contributed by atoms with Crippen molar-refractivity contribution in [3.63, 3.8) is 0 Å². The number of hydrogen-bond donors (Lipinski definition) is 1. The molecule has 5 nitrogen and oxygen atoms in total. The molecule has 2 heterocycles. The van der Waals surface area contributed by atoms with Gasteiger partial charge in [-0.05, 0) is 43.2 Å². The highest BCUT2D eigenvalue weighted by atomic mass is 32.2. The zero-order valence-electron chi connectivity index (χ0n) is 11.2. The third-order valence-electron chi connectivity index (χ3n) is 4.02. The largest absolute Gasteiger partial charge is 0.373 e. The number of rotatable bonds is 4. The standard InChI is InChI=1S/C14H19NO4S/c16-20(17,18)9-10-5-6-19-14(7-10)12-3-4-13(15-8-12)11-1-2-11/h3-4,8,10-11,14H,1-2,5-7,9H2,(H,16,17,18). The van der Waals surface area contributed by atoms with Crippen LogP contribution in [0.15, 0.2) is 18.3 Å². The molecule has 0 amide bonds. The highest BCUT2D eigenvalue weighted by Crippen LogP contribution is 2.39. The monoisotopic (exact) mass is 297 g/mol. The fraction of sp³-hybridized carbons (Fsp3) is 0.643. The molecule has 1 N–H and O–H groups in total. The number of aromatic nitrogens is 1. The molecule has 2 aliphatic rings. The fourth-order valence-corrected chi connectivity index (χ4v) is 3.67. The van der Waals surface area contributed by atoms with Gasteiger partial charge < -0.3 is 4.74 Å². The van der Waals surface area contributed by atoms with Crippen LogP contribution < -0.4 is 0 Å². The first-order valence-corrected chi connectivity index (χ1v) is 8.65. The summed E-state index contributed by atoms with van der Waals surface area (Å²) in [4.78, 5) is 4.47. The summed E-state index contributed by atoms with van der Waals surface area (Å²) in [7, 11) is -3.91. The Balaban J connectivity index is 1.66. The SMILES string of the molecule is O=S(=O)(O)CC1CCOC(c2ccc(C3CC3)nc2)C1. The molecule has 1 aromatic heterocycles. The lowest BCUT2D eigenvalue weighted by Gasteiger charge is -2.29. The topological polar surface area (TPSA) is 76.5 Å². The van der Waals surface area contributed by atoms with E-state index in [0.717, 1.165) is 11.3 Å². The molecule has 2 unspecified atom stereocenters. The lowest BCUT2D eigenvalue weighted by molar-refractivity contribution is -0.00607. The third-order valence-corrected chi connectivity index (χ3v) is 4.91. The average molecular weight is 297 g/mol. The van der Waals surface area contributed by atoms with Gasteiger partial charge in [0.2, 0.25) is 0 Å². The van der Waals surface area contributed by atoms with Gasteiger partial charge in [-0.2, -0.15) is 8.42 Å². The molecule has 0 aromatic carbocycles. The van der Waals surface area contributed by atoms with E-state index in [1.165, 1.54) is 12.8 Å². The van der Waals surface area contributed by atoms with Gasteiger partial charge in [-0.25, -0.2) is 0 Å². The molecule has 2 atom stereocenters. The summed E-state index contributed by atoms with van der Waals surface area (Å²) in [6.45, 7) is 0.523. The average Bonchev–Trinajstić information content (AvgIpc) is 3.21. The van der Waals surface area contributed by atoms with Gasteiger partial charge in [0, 0.05) is 24.4 Å². The van der Waals surface area contributed by atoms with E-state index in [-0.39, 0.29) is 17.8 Å². The van der Waals surface area contributed by atoms with E-state index >= 15 is 0 Å². The van der Waals surface area contributed by atoms with Crippen LogP contribution in [-0.2, 0) is 14.9 Å². The van der Waals surface area contributed by atoms with Crippen LogP contribution in [0.4, 0.5) is 0 Å². The molecule has 1 saturated carbocycles. The van der Waals surface area contributed by atoms with Crippen LogP contribution in [0.25, 0.3) is 0 Å². The molecule has 3 rings (SSSR count). The van der Waals surface area contributed by atoms with E-state index in [9.17, 15) is 8.42 Å². The van der Waals surface area contributed by atoms with E-state index in [1.807, 2.05) is 18.3 Å². The van der Waals surface area contributed by atoms with Crippen molar-refractivity contribution in [2.75, 3.05) is 12.4 Å². The lowest BCUT2D eigenvalue weighted by Crippen LogP contribution is -2.25. The van der Waals surface area contributed by atoms with E-state index < -0.39 is 10.1 Å². The number of ether oxygens (including phenoxy) is 1. The summed E-state index contributed by atoms with van der Waals surface area (Å²) in [5.74, 6) is 0.399. The number of hydrogen-bond acceptors (Lipinski definition) is 4. The molecule has 1 aromatic rings. The Morgan fingerprint density at radius 1 is 1.30 bits per heavy atom. The summed E-state index contributed by atoms with van der Waals surface area (Å²) >= 11 is 0. The van der Waals surface area contributed by atoms with Gasteiger partial charge in [0.25, 0.3) is 10.1 Å². The molecule has 0 spiro atoms. The summed E-state index contributed by atoms with van der Waals surface area (Å²) in [5, 5.41) is 0. The second-order valence-electron chi connectivity index (χ2n) is 5.79. The summed E-state index contributed by atoms with van der Waals surface area (Å²) < 4.78 is 36.6. The first-order valence-electron chi connectivity index (χ1n) is 7.04. The second-order valence-corrected chi connectivity index (χ2v) is 7.29. The van der Waals surface area contributed by atoms with Crippen molar-refractivity contribution < 1.29 is 17.7 Å². The fourth-order valence-electron chi connectivity index (χ4n) is 2.77. The molecule has 0 radical (unpaired) electrons. The van der Waals surface area contributed by atoms with Gasteiger partial charge in [0.15, 0.2) is 0 Å². The van der Waals surface area contributed by atoms with E-state index in [0.29, 0.717) is 25.4 Å². The van der Waals surface area contributed by atoms with Crippen molar-refractivity contribution in [1.29, 1.82) is 0 Å². The Hall–Kier alpha value is -0.980. The Labute approximate surface area is 119 Å². The second kappa shape index (κ2) is 5.42. The van der Waals surface area contributed by atoms with Crippen molar-refractivity contribution in [2.24, 2.45) is 5.92 Å². The lowest BCUT2D eigenvalue weighted by atomic mass is 9.94. The minimum atomic E-state index is -3.91. The van der Waals surface area contributed by atoms with Gasteiger partial charge in [-0.15, -0.1) is 0 Å². The predicted octanol–water partition coefficient (Wildman–Crippen LogP) is 2.31. The van der Waals surface area contributed by atoms with Crippen molar-refractivity contribution in [2.45, 2.75) is 37.7 Å². The zero-order valence-corrected chi connectivity index (χ0v) is 12.1. The Kier molecular flexibility index (Phi) is 3.79. The molecule has 20 heavy (non-hydrogen) atoms. The van der Waals surface area contributed by atoms with Crippen molar-refractivity contribution >= 4 is 10.1 Å². The van der Waals surface area contributed by atoms with Crippen LogP contribution in [0, 0.1) is 5.92 Å². The van der Waals surface area contributed by atoms with Crippen molar-refractivity contribution in [1.82, 2.24) is 4.98 Å². The Morgan fingerprint density at radius 2 is 2.10 bits per heavy atom. The molecule has 2 fully saturated rings. The van der Waals surface area contributed by atoms with Crippen LogP contribution in [0.1, 0.15) is 49.0 Å². The van der Waals surface area contributed by atoms with Crippen LogP contribution in [0.3, 0.4) is 0 Å². The quantitative estimate of drug-likeness (QED) is 0.863. The molecular weight excluding hydrogens is 278 g/mol. The highest BCUT2D eigenvalue weighted by Gasteiger charge is 2.28. The van der Waals surface area contributed by atoms with Crippen LogP contribution >= 0.6 is 0 Å². The van der Waals surface area contributed by atoms with Crippen molar-refractivity contribution in [3.8, 4) is 0 Å². The normalized spacial score (nSPS) is 27.4. The van der Waals surface area contributed by atoms with E-state index in [1.54, 1.807) is 0 Å². The molecular formula is C14H19NO4S. The van der Waals surface area contributed by atoms with Gasteiger partial charge in [-0.3, -0.25) is 9.54 Å². The smallest absolute Gasteiger partial charge is 0.265 e. The minimum Gasteiger partial charge on any atom is -0.373 e. The maximum atomic E-state index is 11.0. The first-order chi connectivity index (χ1) is 9.51. The van der Waals surface area contributed by atoms with Gasteiger partial charge in [0.05, 0.1) is 11.9 Å². The summed E-state index contributed by atoms with van der Waals surface area (Å²) in [6, 6.07) is 4.07. The summed E-state index contributed by atoms with van der Waals surface area (Å²) in [6.07, 6.45) is 5.46. The van der Waals surface area contributed by atoms with Crippen LogP contribution in [-0.4, -0.2) is 30.3 Å². The molecule has 110 valence electrons. The van der Waals surface area contributed by atoms with E-state index in [2.05, 4.69) is 4.98 Å². The van der Waals surface area contributed by atoms with Gasteiger partial charge in [-0.1, -0.05) is 6.07 Å². The maximum absolute atomic E-state index is 11.0. The van der Waals surface area contributed by atoms with Gasteiger partial charge >= 0.3 is 0 Å². The Bertz CT molecular complexity index is 565. The van der Waals surface area contributed by atoms with E-state index in [4.69, 9.17) is 9.29 Å². The minimum absolute atomic E-state index is 0.0492. The van der Waals surface area contributed by atoms with Crippen molar-refractivity contribution in [3.05, 3.63) is 29.6 Å². The van der Waals surface area contributed by atoms with Crippen LogP contribution in [0.5, 0.6) is 0 Å². The Morgan fingerprint density at radius 3 is 2.70 bits per heavy atom.